The van der Waals surface area contributed by atoms with Gasteiger partial charge in [0, 0.05) is 38.0 Å². The molecule has 0 aromatic rings. The van der Waals surface area contributed by atoms with Crippen LogP contribution in [0.4, 0.5) is 0 Å². The van der Waals surface area contributed by atoms with Gasteiger partial charge >= 0.3 is 0 Å². The summed E-state index contributed by atoms with van der Waals surface area (Å²) in [5, 5.41) is 3.57. The monoisotopic (exact) mass is 226 g/mol. The van der Waals surface area contributed by atoms with Gasteiger partial charge in [-0.25, -0.2) is 0 Å². The van der Waals surface area contributed by atoms with E-state index in [0.717, 1.165) is 12.3 Å². The highest BCUT2D eigenvalue weighted by Crippen LogP contribution is 2.06. The highest BCUT2D eigenvalue weighted by Gasteiger charge is 2.17. The lowest BCUT2D eigenvalue weighted by atomic mass is 10.1. The molecule has 0 aromatic heterocycles. The zero-order chi connectivity index (χ0) is 10.9. The average molecular weight is 226 g/mol. The number of hydrogen-bond donors (Lipinski definition) is 1. The van der Waals surface area contributed by atoms with Crippen LogP contribution in [0.25, 0.3) is 0 Å². The molecule has 86 valence electrons. The van der Waals surface area contributed by atoms with Crippen LogP contribution >= 0.6 is 11.8 Å². The second-order valence-corrected chi connectivity index (χ2v) is 5.10. The van der Waals surface area contributed by atoms with Crippen molar-refractivity contribution >= 4 is 11.8 Å². The molecule has 1 heterocycles. The second kappa shape index (κ2) is 8.04. The Kier molecular flexibility index (Phi) is 6.91. The number of rotatable bonds is 6. The van der Waals surface area contributed by atoms with Gasteiger partial charge in [0.15, 0.2) is 0 Å². The van der Waals surface area contributed by atoms with Gasteiger partial charge in [-0.2, -0.15) is 0 Å². The number of nitrogens with one attached hydrogen (secondary N) is 1. The van der Waals surface area contributed by atoms with Gasteiger partial charge in [-0.15, -0.1) is 18.2 Å². The van der Waals surface area contributed by atoms with Crippen LogP contribution in [0.1, 0.15) is 19.8 Å². The Bertz CT molecular complexity index is 198. The van der Waals surface area contributed by atoms with Crippen LogP contribution in [-0.2, 0) is 0 Å². The maximum atomic E-state index is 5.21. The minimum atomic E-state index is 0.710. The first kappa shape index (κ1) is 12.9. The van der Waals surface area contributed by atoms with E-state index in [0.29, 0.717) is 6.04 Å². The first-order valence-electron chi connectivity index (χ1n) is 5.83. The molecule has 0 radical (unpaired) electrons. The predicted octanol–water partition coefficient (Wildman–Crippen LogP) is 1.43. The normalized spacial score (nSPS) is 22.5. The lowest BCUT2D eigenvalue weighted by Crippen LogP contribution is -2.51. The molecule has 3 heteroatoms. The van der Waals surface area contributed by atoms with Crippen molar-refractivity contribution in [2.24, 2.45) is 0 Å². The summed E-state index contributed by atoms with van der Waals surface area (Å²) in [7, 11) is 0. The molecule has 1 N–H and O–H groups in total. The molecular formula is C12H22N2S. The van der Waals surface area contributed by atoms with E-state index in [9.17, 15) is 0 Å². The Labute approximate surface area is 98.2 Å². The molecule has 1 aliphatic rings. The third kappa shape index (κ3) is 5.46. The van der Waals surface area contributed by atoms with Gasteiger partial charge in [0.05, 0.1) is 5.75 Å². The van der Waals surface area contributed by atoms with Crippen LogP contribution in [-0.4, -0.2) is 48.6 Å². The van der Waals surface area contributed by atoms with Crippen LogP contribution in [0.2, 0.25) is 0 Å². The van der Waals surface area contributed by atoms with Gasteiger partial charge in [-0.1, -0.05) is 19.3 Å². The third-order valence-corrected chi connectivity index (χ3v) is 3.56. The summed E-state index contributed by atoms with van der Waals surface area (Å²) >= 11 is 1.86. The van der Waals surface area contributed by atoms with Gasteiger partial charge in [0.1, 0.15) is 0 Å². The lowest BCUT2D eigenvalue weighted by Gasteiger charge is -2.33. The molecule has 0 amide bonds. The Morgan fingerprint density at radius 3 is 3.20 bits per heavy atom. The number of thioether (sulfide) groups is 1. The summed E-state index contributed by atoms with van der Waals surface area (Å²) in [4.78, 5) is 2.56. The van der Waals surface area contributed by atoms with Gasteiger partial charge in [0.2, 0.25) is 0 Å². The van der Waals surface area contributed by atoms with Crippen LogP contribution < -0.4 is 5.32 Å². The van der Waals surface area contributed by atoms with Gasteiger partial charge in [0.25, 0.3) is 0 Å². The van der Waals surface area contributed by atoms with Crippen molar-refractivity contribution < 1.29 is 0 Å². The number of nitrogens with zero attached hydrogens (tertiary/aromatic N) is 1. The van der Waals surface area contributed by atoms with Crippen molar-refractivity contribution in [3.63, 3.8) is 0 Å². The second-order valence-electron chi connectivity index (χ2n) is 4.00. The van der Waals surface area contributed by atoms with Crippen LogP contribution in [0, 0.1) is 12.3 Å². The molecule has 0 bridgehead atoms. The van der Waals surface area contributed by atoms with Gasteiger partial charge in [-0.05, 0) is 6.42 Å². The summed E-state index contributed by atoms with van der Waals surface area (Å²) < 4.78 is 0. The minimum Gasteiger partial charge on any atom is -0.311 e. The first-order chi connectivity index (χ1) is 7.36. The standard InChI is InChI=1S/C12H22N2S/c1-3-5-12-11-14(7-6-13-12)8-10-15-9-4-2/h2,12-13H,3,5-11H2,1H3. The quantitative estimate of drug-likeness (QED) is 0.545. The lowest BCUT2D eigenvalue weighted by molar-refractivity contribution is 0.204. The van der Waals surface area contributed by atoms with Crippen molar-refractivity contribution in [1.29, 1.82) is 0 Å². The molecule has 1 aliphatic heterocycles. The topological polar surface area (TPSA) is 15.3 Å². The molecular weight excluding hydrogens is 204 g/mol. The largest absolute Gasteiger partial charge is 0.311 e. The summed E-state index contributed by atoms with van der Waals surface area (Å²) in [6, 6.07) is 0.710. The van der Waals surface area contributed by atoms with Crippen molar-refractivity contribution in [3.05, 3.63) is 0 Å². The van der Waals surface area contributed by atoms with E-state index in [1.165, 1.54) is 38.2 Å². The minimum absolute atomic E-state index is 0.710. The Morgan fingerprint density at radius 1 is 1.60 bits per heavy atom. The fourth-order valence-corrected chi connectivity index (χ4v) is 2.61. The van der Waals surface area contributed by atoms with E-state index in [4.69, 9.17) is 6.42 Å². The zero-order valence-corrected chi connectivity index (χ0v) is 10.5. The molecule has 0 spiro atoms. The fraction of sp³-hybridized carbons (Fsp3) is 0.833. The Hall–Kier alpha value is -0.170. The average Bonchev–Trinajstić information content (AvgIpc) is 2.26. The predicted molar refractivity (Wildman–Crippen MR) is 69.3 cm³/mol. The summed E-state index contributed by atoms with van der Waals surface area (Å²) in [6.07, 6.45) is 7.79. The zero-order valence-electron chi connectivity index (χ0n) is 9.67. The molecule has 15 heavy (non-hydrogen) atoms. The Morgan fingerprint density at radius 2 is 2.47 bits per heavy atom. The Balaban J connectivity index is 2.10. The van der Waals surface area contributed by atoms with E-state index in [1.807, 2.05) is 11.8 Å². The van der Waals surface area contributed by atoms with Gasteiger partial charge < -0.3 is 5.32 Å². The van der Waals surface area contributed by atoms with Crippen LogP contribution in [0.3, 0.4) is 0 Å². The molecule has 0 saturated carbocycles. The highest BCUT2D eigenvalue weighted by atomic mass is 32.2. The van der Waals surface area contributed by atoms with Crippen molar-refractivity contribution in [3.8, 4) is 12.3 Å². The maximum Gasteiger partial charge on any atom is 0.0545 e. The molecule has 0 aliphatic carbocycles. The fourth-order valence-electron chi connectivity index (χ4n) is 1.96. The first-order valence-corrected chi connectivity index (χ1v) is 6.99. The molecule has 1 unspecified atom stereocenters. The van der Waals surface area contributed by atoms with Crippen molar-refractivity contribution in [2.45, 2.75) is 25.8 Å². The molecule has 1 saturated heterocycles. The highest BCUT2D eigenvalue weighted by molar-refractivity contribution is 7.99. The van der Waals surface area contributed by atoms with Crippen molar-refractivity contribution in [1.82, 2.24) is 10.2 Å². The van der Waals surface area contributed by atoms with E-state index >= 15 is 0 Å². The SMILES string of the molecule is C#CCSCCN1CCNC(CCC)C1. The third-order valence-electron chi connectivity index (χ3n) is 2.71. The summed E-state index contributed by atoms with van der Waals surface area (Å²) in [5.41, 5.74) is 0. The molecule has 1 fully saturated rings. The van der Waals surface area contributed by atoms with E-state index in [-0.39, 0.29) is 0 Å². The summed E-state index contributed by atoms with van der Waals surface area (Å²) in [6.45, 7) is 6.99. The van der Waals surface area contributed by atoms with Gasteiger partial charge in [-0.3, -0.25) is 4.90 Å². The molecule has 1 atom stereocenters. The number of piperazine rings is 1. The molecule has 1 rings (SSSR count). The van der Waals surface area contributed by atoms with Crippen molar-refractivity contribution in [2.75, 3.05) is 37.7 Å². The van der Waals surface area contributed by atoms with E-state index in [1.54, 1.807) is 0 Å². The van der Waals surface area contributed by atoms with E-state index < -0.39 is 0 Å². The van der Waals surface area contributed by atoms with E-state index in [2.05, 4.69) is 23.1 Å². The van der Waals surface area contributed by atoms with Crippen LogP contribution in [0.15, 0.2) is 0 Å². The molecule has 2 nitrogen and oxygen atoms in total. The number of terminal acetylenes is 1. The van der Waals surface area contributed by atoms with Crippen LogP contribution in [0.5, 0.6) is 0 Å². The smallest absolute Gasteiger partial charge is 0.0545 e. The summed E-state index contributed by atoms with van der Waals surface area (Å²) in [5.74, 6) is 4.69. The number of hydrogen-bond acceptors (Lipinski definition) is 3. The maximum absolute atomic E-state index is 5.21. The molecule has 0 aromatic carbocycles.